The Morgan fingerprint density at radius 3 is 2.58 bits per heavy atom. The van der Waals surface area contributed by atoms with Gasteiger partial charge in [-0.2, -0.15) is 5.10 Å². The molecule has 0 spiro atoms. The van der Waals surface area contributed by atoms with Crippen molar-refractivity contribution < 1.29 is 4.79 Å². The Bertz CT molecular complexity index is 902. The molecular formula is C18H22N6OS. The van der Waals surface area contributed by atoms with Crippen molar-refractivity contribution in [3.63, 3.8) is 0 Å². The van der Waals surface area contributed by atoms with E-state index in [-0.39, 0.29) is 11.9 Å². The number of amides is 1. The van der Waals surface area contributed by atoms with E-state index in [1.165, 1.54) is 11.3 Å². The highest BCUT2D eigenvalue weighted by Gasteiger charge is 2.21. The summed E-state index contributed by atoms with van der Waals surface area (Å²) in [5, 5.41) is 16.5. The van der Waals surface area contributed by atoms with Gasteiger partial charge in [0.05, 0.1) is 5.69 Å². The predicted octanol–water partition coefficient (Wildman–Crippen LogP) is 2.31. The monoisotopic (exact) mass is 370 g/mol. The average Bonchev–Trinajstić information content (AvgIpc) is 3.15. The first kappa shape index (κ1) is 18.1. The Morgan fingerprint density at radius 2 is 2.00 bits per heavy atom. The number of hydrogen-bond acceptors (Lipinski definition) is 6. The summed E-state index contributed by atoms with van der Waals surface area (Å²) in [7, 11) is 1.91. The first-order valence-corrected chi connectivity index (χ1v) is 9.19. The first-order valence-electron chi connectivity index (χ1n) is 8.38. The highest BCUT2D eigenvalue weighted by molar-refractivity contribution is 7.15. The van der Waals surface area contributed by atoms with Crippen LogP contribution in [0.3, 0.4) is 0 Å². The fourth-order valence-corrected chi connectivity index (χ4v) is 3.64. The third kappa shape index (κ3) is 3.91. The lowest BCUT2D eigenvalue weighted by molar-refractivity contribution is -0.121. The van der Waals surface area contributed by atoms with Crippen molar-refractivity contribution in [3.8, 4) is 0 Å². The largest absolute Gasteiger partial charge is 0.374 e. The molecule has 2 heterocycles. The number of nitrogens with zero attached hydrogens (tertiary/aromatic N) is 4. The predicted molar refractivity (Wildman–Crippen MR) is 102 cm³/mol. The maximum atomic E-state index is 12.6. The van der Waals surface area contributed by atoms with E-state index in [0.29, 0.717) is 23.0 Å². The molecule has 0 aliphatic carbocycles. The summed E-state index contributed by atoms with van der Waals surface area (Å²) in [5.74, 6) is -0.0460. The maximum absolute atomic E-state index is 12.6. The van der Waals surface area contributed by atoms with E-state index in [1.54, 1.807) is 0 Å². The zero-order valence-electron chi connectivity index (χ0n) is 15.1. The third-order valence-corrected chi connectivity index (χ3v) is 5.22. The molecule has 1 atom stereocenters. The molecule has 0 saturated carbocycles. The second-order valence-electron chi connectivity index (χ2n) is 6.16. The van der Waals surface area contributed by atoms with Crippen molar-refractivity contribution in [2.45, 2.75) is 32.7 Å². The number of nitrogen functional groups attached to an aromatic ring is 1. The summed E-state index contributed by atoms with van der Waals surface area (Å²) in [6.45, 7) is 3.99. The van der Waals surface area contributed by atoms with E-state index in [1.807, 2.05) is 55.9 Å². The van der Waals surface area contributed by atoms with E-state index in [4.69, 9.17) is 5.73 Å². The van der Waals surface area contributed by atoms with Gasteiger partial charge in [0.2, 0.25) is 11.0 Å². The lowest BCUT2D eigenvalue weighted by atomic mass is 10.1. The second-order valence-corrected chi connectivity index (χ2v) is 7.20. The average molecular weight is 370 g/mol. The Labute approximate surface area is 156 Å². The molecule has 3 N–H and O–H groups in total. The van der Waals surface area contributed by atoms with Gasteiger partial charge >= 0.3 is 0 Å². The maximum Gasteiger partial charge on any atom is 0.221 e. The molecule has 0 radical (unpaired) electrons. The van der Waals surface area contributed by atoms with Crippen LogP contribution in [0.2, 0.25) is 0 Å². The molecule has 7 nitrogen and oxygen atoms in total. The summed E-state index contributed by atoms with van der Waals surface area (Å²) in [6, 6.07) is 9.36. The van der Waals surface area contributed by atoms with Gasteiger partial charge in [0.25, 0.3) is 0 Å². The lowest BCUT2D eigenvalue weighted by Crippen LogP contribution is -2.29. The van der Waals surface area contributed by atoms with Crippen LogP contribution in [0.15, 0.2) is 30.3 Å². The number of anilines is 1. The number of carbonyl (C=O) groups excluding carboxylic acids is 1. The van der Waals surface area contributed by atoms with Crippen LogP contribution in [-0.2, 0) is 18.3 Å². The van der Waals surface area contributed by atoms with Gasteiger partial charge in [-0.25, -0.2) is 0 Å². The molecule has 1 unspecified atom stereocenters. The fraction of sp³-hybridized carbons (Fsp3) is 0.333. The van der Waals surface area contributed by atoms with Crippen LogP contribution >= 0.6 is 11.3 Å². The molecule has 1 amide bonds. The van der Waals surface area contributed by atoms with Crippen LogP contribution in [0, 0.1) is 13.8 Å². The molecule has 0 fully saturated rings. The van der Waals surface area contributed by atoms with Gasteiger partial charge in [-0.1, -0.05) is 41.7 Å². The number of carbonyl (C=O) groups is 1. The van der Waals surface area contributed by atoms with Crippen molar-refractivity contribution in [2.24, 2.45) is 7.05 Å². The van der Waals surface area contributed by atoms with Crippen molar-refractivity contribution in [3.05, 3.63) is 57.9 Å². The SMILES string of the molecule is Cc1nn(C)c(C)c1CCC(=O)NC(c1ccccc1)c1nnc(N)s1. The van der Waals surface area contributed by atoms with Crippen molar-refractivity contribution >= 4 is 22.4 Å². The number of benzene rings is 1. The molecule has 2 aromatic heterocycles. The highest BCUT2D eigenvalue weighted by atomic mass is 32.1. The summed E-state index contributed by atoms with van der Waals surface area (Å²) in [5.41, 5.74) is 9.85. The van der Waals surface area contributed by atoms with Crippen LogP contribution in [0.25, 0.3) is 0 Å². The number of rotatable bonds is 6. The van der Waals surface area contributed by atoms with Crippen LogP contribution in [0.5, 0.6) is 0 Å². The van der Waals surface area contributed by atoms with Gasteiger partial charge in [0.1, 0.15) is 11.0 Å². The Hall–Kier alpha value is -2.74. The number of nitrogens with one attached hydrogen (secondary N) is 1. The number of aromatic nitrogens is 4. The van der Waals surface area contributed by atoms with E-state index < -0.39 is 0 Å². The zero-order valence-corrected chi connectivity index (χ0v) is 15.9. The van der Waals surface area contributed by atoms with Crippen LogP contribution in [0.4, 0.5) is 5.13 Å². The van der Waals surface area contributed by atoms with Gasteiger partial charge in [0, 0.05) is 19.2 Å². The molecule has 0 aliphatic rings. The standard InChI is InChI=1S/C18H22N6OS/c1-11-14(12(2)24(3)23-11)9-10-15(25)20-16(13-7-5-4-6-8-13)17-21-22-18(19)26-17/h4-8,16H,9-10H2,1-3H3,(H2,19,22)(H,20,25). The summed E-state index contributed by atoms with van der Waals surface area (Å²) >= 11 is 1.28. The Kier molecular flexibility index (Phi) is 5.32. The van der Waals surface area contributed by atoms with E-state index in [9.17, 15) is 4.79 Å². The van der Waals surface area contributed by atoms with E-state index in [2.05, 4.69) is 20.6 Å². The second kappa shape index (κ2) is 7.65. The van der Waals surface area contributed by atoms with Gasteiger partial charge in [0.15, 0.2) is 0 Å². The minimum Gasteiger partial charge on any atom is -0.374 e. The Morgan fingerprint density at radius 1 is 1.27 bits per heavy atom. The third-order valence-electron chi connectivity index (χ3n) is 4.40. The smallest absolute Gasteiger partial charge is 0.221 e. The van der Waals surface area contributed by atoms with Gasteiger partial charge in [-0.05, 0) is 31.4 Å². The van der Waals surface area contributed by atoms with Crippen LogP contribution < -0.4 is 11.1 Å². The zero-order chi connectivity index (χ0) is 18.7. The lowest BCUT2D eigenvalue weighted by Gasteiger charge is -2.16. The molecule has 1 aromatic carbocycles. The molecule has 3 rings (SSSR count). The summed E-state index contributed by atoms with van der Waals surface area (Å²) < 4.78 is 1.85. The van der Waals surface area contributed by atoms with Crippen molar-refractivity contribution in [1.82, 2.24) is 25.3 Å². The molecular weight excluding hydrogens is 348 g/mol. The molecule has 0 aliphatic heterocycles. The number of nitrogens with two attached hydrogens (primary N) is 1. The van der Waals surface area contributed by atoms with Gasteiger partial charge in [-0.3, -0.25) is 9.48 Å². The van der Waals surface area contributed by atoms with Crippen molar-refractivity contribution in [2.75, 3.05) is 5.73 Å². The van der Waals surface area contributed by atoms with Crippen molar-refractivity contribution in [1.29, 1.82) is 0 Å². The highest BCUT2D eigenvalue weighted by Crippen LogP contribution is 2.26. The quantitative estimate of drug-likeness (QED) is 0.694. The topological polar surface area (TPSA) is 98.7 Å². The Balaban J connectivity index is 1.73. The molecule has 8 heteroatoms. The van der Waals surface area contributed by atoms with E-state index >= 15 is 0 Å². The normalized spacial score (nSPS) is 12.1. The first-order chi connectivity index (χ1) is 12.5. The van der Waals surface area contributed by atoms with Gasteiger partial charge in [-0.15, -0.1) is 10.2 Å². The number of aryl methyl sites for hydroxylation is 2. The molecule has 0 saturated heterocycles. The molecule has 26 heavy (non-hydrogen) atoms. The van der Waals surface area contributed by atoms with Gasteiger partial charge < -0.3 is 11.1 Å². The molecule has 0 bridgehead atoms. The minimum absolute atomic E-state index is 0.0460. The summed E-state index contributed by atoms with van der Waals surface area (Å²) in [4.78, 5) is 12.6. The van der Waals surface area contributed by atoms with E-state index in [0.717, 1.165) is 22.5 Å². The fourth-order valence-electron chi connectivity index (χ4n) is 2.95. The molecule has 3 aromatic rings. The van der Waals surface area contributed by atoms with Crippen LogP contribution in [-0.4, -0.2) is 25.9 Å². The van der Waals surface area contributed by atoms with Crippen LogP contribution in [0.1, 0.15) is 40.0 Å². The molecule has 136 valence electrons. The summed E-state index contributed by atoms with van der Waals surface area (Å²) in [6.07, 6.45) is 1.03. The minimum atomic E-state index is -0.352. The number of hydrogen-bond donors (Lipinski definition) is 2.